The summed E-state index contributed by atoms with van der Waals surface area (Å²) in [6.07, 6.45) is -0.361. The molecule has 8 heteroatoms. The van der Waals surface area contributed by atoms with Crippen LogP contribution < -0.4 is 0 Å². The molecule has 0 radical (unpaired) electrons. The average molecular weight is 413 g/mol. The van der Waals surface area contributed by atoms with Gasteiger partial charge in [-0.05, 0) is 38.5 Å². The van der Waals surface area contributed by atoms with Crippen molar-refractivity contribution in [2.45, 2.75) is 32.9 Å². The van der Waals surface area contributed by atoms with Crippen LogP contribution in [0.2, 0.25) is 0 Å². The molecule has 0 saturated carbocycles. The van der Waals surface area contributed by atoms with Gasteiger partial charge in [0.1, 0.15) is 6.42 Å². The second-order valence-corrected chi connectivity index (χ2v) is 6.39. The van der Waals surface area contributed by atoms with Crippen molar-refractivity contribution in [3.63, 3.8) is 0 Å². The topological polar surface area (TPSA) is 77.4 Å². The van der Waals surface area contributed by atoms with Crippen molar-refractivity contribution in [1.29, 1.82) is 0 Å². The van der Waals surface area contributed by atoms with Crippen molar-refractivity contribution in [3.8, 4) is 0 Å². The highest BCUT2D eigenvalue weighted by Crippen LogP contribution is 2.32. The molecule has 0 amide bonds. The van der Waals surface area contributed by atoms with E-state index in [1.54, 1.807) is 20.9 Å². The molecule has 0 saturated heterocycles. The number of hydrogen-bond donors (Lipinski definition) is 0. The standard InChI is InChI=1S/C17H21BrN2O5/c1-5-23-14(21)10-17(16(22)24-6-2)19-15(20(4)25-17)13-9-12(18)8-7-11(13)3/h7-9H,5-6,10H2,1-4H3. The molecule has 0 aromatic heterocycles. The predicted molar refractivity (Wildman–Crippen MR) is 94.9 cm³/mol. The molecule has 0 bridgehead atoms. The molecule has 7 nitrogen and oxygen atoms in total. The highest BCUT2D eigenvalue weighted by molar-refractivity contribution is 9.10. The molecule has 0 aliphatic carbocycles. The third-order valence-electron chi connectivity index (χ3n) is 3.60. The number of halogens is 1. The fourth-order valence-corrected chi connectivity index (χ4v) is 2.84. The molecule has 1 heterocycles. The summed E-state index contributed by atoms with van der Waals surface area (Å²) in [5.41, 5.74) is -0.0405. The van der Waals surface area contributed by atoms with E-state index in [0.29, 0.717) is 5.84 Å². The Kier molecular flexibility index (Phi) is 6.18. The van der Waals surface area contributed by atoms with E-state index in [-0.39, 0.29) is 19.6 Å². The quantitative estimate of drug-likeness (QED) is 0.668. The largest absolute Gasteiger partial charge is 0.466 e. The minimum Gasteiger partial charge on any atom is -0.466 e. The molecule has 1 aliphatic heterocycles. The van der Waals surface area contributed by atoms with Gasteiger partial charge in [-0.25, -0.2) is 19.7 Å². The van der Waals surface area contributed by atoms with Gasteiger partial charge in [0, 0.05) is 17.1 Å². The Hall–Kier alpha value is -1.93. The molecule has 25 heavy (non-hydrogen) atoms. The fourth-order valence-electron chi connectivity index (χ4n) is 2.48. The Labute approximate surface area is 155 Å². The third kappa shape index (κ3) is 4.19. The molecule has 1 aromatic rings. The zero-order chi connectivity index (χ0) is 18.6. The average Bonchev–Trinajstić information content (AvgIpc) is 2.87. The Morgan fingerprint density at radius 2 is 1.96 bits per heavy atom. The van der Waals surface area contributed by atoms with Crippen LogP contribution in [0.4, 0.5) is 0 Å². The van der Waals surface area contributed by atoms with Gasteiger partial charge in [0.15, 0.2) is 5.84 Å². The van der Waals surface area contributed by atoms with Crippen LogP contribution in [0.1, 0.15) is 31.4 Å². The van der Waals surface area contributed by atoms with E-state index < -0.39 is 17.7 Å². The molecule has 136 valence electrons. The van der Waals surface area contributed by atoms with Crippen molar-refractivity contribution in [2.75, 3.05) is 20.3 Å². The van der Waals surface area contributed by atoms with E-state index in [2.05, 4.69) is 20.9 Å². The van der Waals surface area contributed by atoms with Gasteiger partial charge in [-0.2, -0.15) is 0 Å². The van der Waals surface area contributed by atoms with Gasteiger partial charge in [-0.15, -0.1) is 0 Å². The lowest BCUT2D eigenvalue weighted by Crippen LogP contribution is -2.43. The van der Waals surface area contributed by atoms with Crippen LogP contribution in [0.5, 0.6) is 0 Å². The van der Waals surface area contributed by atoms with Crippen molar-refractivity contribution in [1.82, 2.24) is 5.06 Å². The second-order valence-electron chi connectivity index (χ2n) is 5.47. The molecule has 1 atom stereocenters. The van der Waals surface area contributed by atoms with Gasteiger partial charge < -0.3 is 9.47 Å². The minimum atomic E-state index is -1.78. The number of hydroxylamine groups is 2. The molecular weight excluding hydrogens is 392 g/mol. The van der Waals surface area contributed by atoms with Crippen LogP contribution in [0.15, 0.2) is 27.7 Å². The first-order valence-corrected chi connectivity index (χ1v) is 8.74. The maximum Gasteiger partial charge on any atom is 0.364 e. The third-order valence-corrected chi connectivity index (χ3v) is 4.09. The van der Waals surface area contributed by atoms with Crippen LogP contribution in [-0.4, -0.2) is 48.8 Å². The molecule has 0 N–H and O–H groups in total. The Balaban J connectivity index is 2.46. The molecule has 1 aliphatic rings. The summed E-state index contributed by atoms with van der Waals surface area (Å²) >= 11 is 3.43. The van der Waals surface area contributed by atoms with Crippen LogP contribution >= 0.6 is 15.9 Å². The van der Waals surface area contributed by atoms with Gasteiger partial charge >= 0.3 is 11.9 Å². The SMILES string of the molecule is CCOC(=O)CC1(C(=O)OCC)N=C(c2cc(Br)ccc2C)N(C)O1. The van der Waals surface area contributed by atoms with Crippen molar-refractivity contribution in [2.24, 2.45) is 4.99 Å². The number of hydrogen-bond acceptors (Lipinski definition) is 7. The van der Waals surface area contributed by atoms with Crippen molar-refractivity contribution in [3.05, 3.63) is 33.8 Å². The lowest BCUT2D eigenvalue weighted by atomic mass is 10.1. The number of ether oxygens (including phenoxy) is 2. The van der Waals surface area contributed by atoms with Crippen molar-refractivity contribution < 1.29 is 23.9 Å². The molecule has 2 rings (SSSR count). The van der Waals surface area contributed by atoms with Crippen LogP contribution in [0.25, 0.3) is 0 Å². The lowest BCUT2D eigenvalue weighted by molar-refractivity contribution is -0.207. The van der Waals surface area contributed by atoms with Crippen molar-refractivity contribution >= 4 is 33.7 Å². The van der Waals surface area contributed by atoms with Gasteiger partial charge in [0.2, 0.25) is 0 Å². The molecule has 1 unspecified atom stereocenters. The molecular formula is C17H21BrN2O5. The Morgan fingerprint density at radius 3 is 2.60 bits per heavy atom. The lowest BCUT2D eigenvalue weighted by Gasteiger charge is -2.23. The first kappa shape index (κ1) is 19.4. The zero-order valence-corrected chi connectivity index (χ0v) is 16.3. The molecule has 1 aromatic carbocycles. The van der Waals surface area contributed by atoms with Crippen LogP contribution in [-0.2, 0) is 23.9 Å². The normalized spacial score (nSPS) is 19.6. The molecule has 0 fully saturated rings. The summed E-state index contributed by atoms with van der Waals surface area (Å²) in [7, 11) is 1.63. The van der Waals surface area contributed by atoms with E-state index in [0.717, 1.165) is 15.6 Å². The minimum absolute atomic E-state index is 0.150. The van der Waals surface area contributed by atoms with E-state index in [9.17, 15) is 9.59 Å². The summed E-state index contributed by atoms with van der Waals surface area (Å²) in [6, 6.07) is 5.71. The van der Waals surface area contributed by atoms with E-state index in [1.807, 2.05) is 25.1 Å². The predicted octanol–water partition coefficient (Wildman–Crippen LogP) is 2.59. The summed E-state index contributed by atoms with van der Waals surface area (Å²) < 4.78 is 10.9. The number of carbonyl (C=O) groups excluding carboxylic acids is 2. The highest BCUT2D eigenvalue weighted by atomic mass is 79.9. The number of nitrogens with zero attached hydrogens (tertiary/aromatic N) is 2. The monoisotopic (exact) mass is 412 g/mol. The summed E-state index contributed by atoms with van der Waals surface area (Å²) in [4.78, 5) is 34.6. The second kappa shape index (κ2) is 7.97. The van der Waals surface area contributed by atoms with Crippen LogP contribution in [0, 0.1) is 6.92 Å². The fraction of sp³-hybridized carbons (Fsp3) is 0.471. The number of rotatable bonds is 6. The highest BCUT2D eigenvalue weighted by Gasteiger charge is 2.51. The van der Waals surface area contributed by atoms with Gasteiger partial charge in [0.05, 0.1) is 13.2 Å². The maximum absolute atomic E-state index is 12.5. The smallest absolute Gasteiger partial charge is 0.364 e. The number of benzene rings is 1. The van der Waals surface area contributed by atoms with Crippen LogP contribution in [0.3, 0.4) is 0 Å². The van der Waals surface area contributed by atoms with Gasteiger partial charge in [-0.3, -0.25) is 4.79 Å². The number of esters is 2. The first-order chi connectivity index (χ1) is 11.8. The molecule has 0 spiro atoms. The number of aryl methyl sites for hydroxylation is 1. The number of carbonyl (C=O) groups is 2. The van der Waals surface area contributed by atoms with Gasteiger partial charge in [0.25, 0.3) is 5.72 Å². The Morgan fingerprint density at radius 1 is 1.28 bits per heavy atom. The summed E-state index contributed by atoms with van der Waals surface area (Å²) in [5, 5.41) is 1.38. The van der Waals surface area contributed by atoms with E-state index >= 15 is 0 Å². The maximum atomic E-state index is 12.5. The summed E-state index contributed by atoms with van der Waals surface area (Å²) in [6.45, 7) is 5.65. The number of aliphatic imine (C=N–C) groups is 1. The first-order valence-electron chi connectivity index (χ1n) is 7.95. The van der Waals surface area contributed by atoms with E-state index in [4.69, 9.17) is 14.3 Å². The Bertz CT molecular complexity index is 706. The summed E-state index contributed by atoms with van der Waals surface area (Å²) in [5.74, 6) is -0.867. The van der Waals surface area contributed by atoms with E-state index in [1.165, 1.54) is 5.06 Å². The number of amidine groups is 1. The van der Waals surface area contributed by atoms with Gasteiger partial charge in [-0.1, -0.05) is 22.0 Å². The zero-order valence-electron chi connectivity index (χ0n) is 14.7.